The van der Waals surface area contributed by atoms with E-state index in [4.69, 9.17) is 23.2 Å². The van der Waals surface area contributed by atoms with Gasteiger partial charge in [-0.2, -0.15) is 0 Å². The van der Waals surface area contributed by atoms with E-state index in [9.17, 15) is 24.5 Å². The Morgan fingerprint density at radius 1 is 1.17 bits per heavy atom. The minimum absolute atomic E-state index is 0.156. The number of carbonyl (C=O) groups excluding carboxylic acids is 1. The minimum Gasteiger partial charge on any atom is -0.316 e. The lowest BCUT2D eigenvalue weighted by molar-refractivity contribution is -0.383. The molecular formula is C18H12Cl2N4O5. The first-order chi connectivity index (χ1) is 13.8. The molecule has 0 aliphatic heterocycles. The van der Waals surface area contributed by atoms with Gasteiger partial charge in [-0.05, 0) is 23.8 Å². The number of hydrogen-bond acceptors (Lipinski definition) is 5. The number of nitrogens with one attached hydrogen (secondary N) is 2. The van der Waals surface area contributed by atoms with Crippen molar-refractivity contribution in [3.8, 4) is 0 Å². The smallest absolute Gasteiger partial charge is 0.316 e. The number of benzene rings is 2. The van der Waals surface area contributed by atoms with Crippen LogP contribution in [0, 0.1) is 10.1 Å². The lowest BCUT2D eigenvalue weighted by Crippen LogP contribution is -2.39. The number of anilines is 1. The Kier molecular flexibility index (Phi) is 5.81. The van der Waals surface area contributed by atoms with Gasteiger partial charge in [0.15, 0.2) is 0 Å². The van der Waals surface area contributed by atoms with Gasteiger partial charge >= 0.3 is 5.69 Å². The van der Waals surface area contributed by atoms with Crippen molar-refractivity contribution in [1.29, 1.82) is 0 Å². The maximum atomic E-state index is 12.7. The monoisotopic (exact) mass is 434 g/mol. The standard InChI is InChI=1S/C18H12Cl2N4O5/c19-11-5-6-15(24(28)29)14(7-11)22-16(25)12-8-21-18(27)23(17(12)26)9-10-3-1-2-4-13(10)20/h1-8H,9H2,(H,21,27)(H,22,25). The van der Waals surface area contributed by atoms with Crippen LogP contribution in [0.5, 0.6) is 0 Å². The maximum absolute atomic E-state index is 12.7. The molecule has 0 saturated carbocycles. The number of nitro groups is 1. The van der Waals surface area contributed by atoms with E-state index >= 15 is 0 Å². The molecule has 11 heteroatoms. The number of H-pyrrole nitrogens is 1. The van der Waals surface area contributed by atoms with Crippen LogP contribution in [0.4, 0.5) is 11.4 Å². The second kappa shape index (κ2) is 8.29. The van der Waals surface area contributed by atoms with Gasteiger partial charge in [0.2, 0.25) is 0 Å². The third-order valence-electron chi connectivity index (χ3n) is 4.00. The highest BCUT2D eigenvalue weighted by Gasteiger charge is 2.20. The predicted molar refractivity (Wildman–Crippen MR) is 108 cm³/mol. The van der Waals surface area contributed by atoms with E-state index in [2.05, 4.69) is 10.3 Å². The van der Waals surface area contributed by atoms with E-state index in [1.54, 1.807) is 24.3 Å². The summed E-state index contributed by atoms with van der Waals surface area (Å²) in [4.78, 5) is 50.1. The van der Waals surface area contributed by atoms with Gasteiger partial charge in [-0.3, -0.25) is 24.3 Å². The van der Waals surface area contributed by atoms with E-state index in [1.165, 1.54) is 12.1 Å². The largest absolute Gasteiger partial charge is 0.328 e. The van der Waals surface area contributed by atoms with Gasteiger partial charge in [-0.15, -0.1) is 0 Å². The zero-order valence-corrected chi connectivity index (χ0v) is 16.0. The average molecular weight is 435 g/mol. The number of amides is 1. The summed E-state index contributed by atoms with van der Waals surface area (Å²) in [6.45, 7) is -0.160. The number of halogens is 2. The van der Waals surface area contributed by atoms with Crippen LogP contribution in [0.2, 0.25) is 10.0 Å². The molecule has 0 fully saturated rings. The third kappa shape index (κ3) is 4.36. The van der Waals surface area contributed by atoms with Gasteiger partial charge < -0.3 is 10.3 Å². The minimum atomic E-state index is -0.940. The van der Waals surface area contributed by atoms with Gasteiger partial charge in [-0.25, -0.2) is 4.79 Å². The molecule has 0 radical (unpaired) electrons. The topological polar surface area (TPSA) is 127 Å². The van der Waals surface area contributed by atoms with Crippen LogP contribution in [0.3, 0.4) is 0 Å². The molecule has 1 amide bonds. The van der Waals surface area contributed by atoms with Crippen molar-refractivity contribution in [2.24, 2.45) is 0 Å². The molecule has 0 atom stereocenters. The molecule has 3 rings (SSSR count). The Balaban J connectivity index is 1.98. The predicted octanol–water partition coefficient (Wildman–Crippen LogP) is 3.05. The lowest BCUT2D eigenvalue weighted by Gasteiger charge is -2.09. The fraction of sp³-hybridized carbons (Fsp3) is 0.0556. The second-order valence-corrected chi connectivity index (χ2v) is 6.71. The number of rotatable bonds is 5. The molecular weight excluding hydrogens is 423 g/mol. The number of aromatic nitrogens is 2. The normalized spacial score (nSPS) is 10.6. The molecule has 3 aromatic rings. The molecule has 0 saturated heterocycles. The summed E-state index contributed by atoms with van der Waals surface area (Å²) in [5.74, 6) is -0.940. The van der Waals surface area contributed by atoms with Crippen LogP contribution < -0.4 is 16.6 Å². The number of nitrogens with zero attached hydrogens (tertiary/aromatic N) is 2. The zero-order valence-electron chi connectivity index (χ0n) is 14.5. The molecule has 0 aliphatic carbocycles. The molecule has 2 N–H and O–H groups in total. The highest BCUT2D eigenvalue weighted by atomic mass is 35.5. The third-order valence-corrected chi connectivity index (χ3v) is 4.60. The maximum Gasteiger partial charge on any atom is 0.328 e. The summed E-state index contributed by atoms with van der Waals surface area (Å²) >= 11 is 11.9. The molecule has 9 nitrogen and oxygen atoms in total. The molecule has 29 heavy (non-hydrogen) atoms. The Bertz CT molecular complexity index is 1240. The average Bonchev–Trinajstić information content (AvgIpc) is 2.66. The van der Waals surface area contributed by atoms with E-state index in [1.807, 2.05) is 0 Å². The van der Waals surface area contributed by atoms with Crippen LogP contribution in [0.1, 0.15) is 15.9 Å². The fourth-order valence-electron chi connectivity index (χ4n) is 2.57. The summed E-state index contributed by atoms with van der Waals surface area (Å²) in [7, 11) is 0. The summed E-state index contributed by atoms with van der Waals surface area (Å²) in [5, 5.41) is 13.9. The van der Waals surface area contributed by atoms with Crippen molar-refractivity contribution in [2.45, 2.75) is 6.54 Å². The number of hydrogen-bond donors (Lipinski definition) is 2. The van der Waals surface area contributed by atoms with Crippen molar-refractivity contribution in [3.05, 3.63) is 101 Å². The Morgan fingerprint density at radius 2 is 1.90 bits per heavy atom. The fourth-order valence-corrected chi connectivity index (χ4v) is 2.94. The van der Waals surface area contributed by atoms with Crippen molar-refractivity contribution in [1.82, 2.24) is 9.55 Å². The number of aromatic amines is 1. The summed E-state index contributed by atoms with van der Waals surface area (Å²) in [5.41, 5.74) is -2.11. The highest BCUT2D eigenvalue weighted by Crippen LogP contribution is 2.27. The first-order valence-corrected chi connectivity index (χ1v) is 8.84. The highest BCUT2D eigenvalue weighted by molar-refractivity contribution is 6.31. The van der Waals surface area contributed by atoms with Gasteiger partial charge in [-0.1, -0.05) is 41.4 Å². The molecule has 0 unspecified atom stereocenters. The van der Waals surface area contributed by atoms with Gasteiger partial charge in [0.05, 0.1) is 11.5 Å². The molecule has 0 aliphatic rings. The summed E-state index contributed by atoms with van der Waals surface area (Å²) < 4.78 is 0.808. The summed E-state index contributed by atoms with van der Waals surface area (Å²) in [6.07, 6.45) is 0.944. The Morgan fingerprint density at radius 3 is 2.59 bits per heavy atom. The van der Waals surface area contributed by atoms with Crippen LogP contribution in [0.25, 0.3) is 0 Å². The lowest BCUT2D eigenvalue weighted by atomic mass is 10.2. The molecule has 1 aromatic heterocycles. The molecule has 2 aromatic carbocycles. The van der Waals surface area contributed by atoms with Crippen molar-refractivity contribution < 1.29 is 9.72 Å². The van der Waals surface area contributed by atoms with Crippen molar-refractivity contribution in [3.63, 3.8) is 0 Å². The van der Waals surface area contributed by atoms with E-state index < -0.39 is 33.3 Å². The first kappa shape index (κ1) is 20.3. The molecule has 148 valence electrons. The van der Waals surface area contributed by atoms with E-state index in [0.29, 0.717) is 10.6 Å². The van der Waals surface area contributed by atoms with Gasteiger partial charge in [0.1, 0.15) is 11.3 Å². The van der Waals surface area contributed by atoms with Crippen LogP contribution >= 0.6 is 23.2 Å². The van der Waals surface area contributed by atoms with E-state index in [0.717, 1.165) is 16.8 Å². The molecule has 0 bridgehead atoms. The first-order valence-electron chi connectivity index (χ1n) is 8.09. The zero-order chi connectivity index (χ0) is 21.1. The Labute approximate surface area is 172 Å². The molecule has 0 spiro atoms. The van der Waals surface area contributed by atoms with E-state index in [-0.39, 0.29) is 17.3 Å². The number of nitro benzene ring substituents is 1. The van der Waals surface area contributed by atoms with Crippen LogP contribution in [-0.2, 0) is 6.54 Å². The Hall–Kier alpha value is -3.43. The van der Waals surface area contributed by atoms with Crippen molar-refractivity contribution in [2.75, 3.05) is 5.32 Å². The number of carbonyl (C=O) groups is 1. The van der Waals surface area contributed by atoms with Crippen LogP contribution in [-0.4, -0.2) is 20.4 Å². The van der Waals surface area contributed by atoms with Gasteiger partial charge in [0, 0.05) is 22.3 Å². The van der Waals surface area contributed by atoms with Crippen molar-refractivity contribution >= 4 is 40.5 Å². The second-order valence-electron chi connectivity index (χ2n) is 5.86. The van der Waals surface area contributed by atoms with Gasteiger partial charge in [0.25, 0.3) is 17.2 Å². The summed E-state index contributed by atoms with van der Waals surface area (Å²) in [6, 6.07) is 10.2. The SMILES string of the molecule is O=C(Nc1cc(Cl)ccc1[N+](=O)[O-])c1c[nH]c(=O)n(Cc2ccccc2Cl)c1=O. The van der Waals surface area contributed by atoms with Crippen LogP contribution in [0.15, 0.2) is 58.3 Å². The molecule has 1 heterocycles. The quantitative estimate of drug-likeness (QED) is 0.471.